The van der Waals surface area contributed by atoms with Gasteiger partial charge in [0, 0.05) is 0 Å². The first-order chi connectivity index (χ1) is 7.75. The lowest BCUT2D eigenvalue weighted by molar-refractivity contribution is 1.36. The van der Waals surface area contributed by atoms with Crippen LogP contribution in [-0.2, 0) is 0 Å². The van der Waals surface area contributed by atoms with Gasteiger partial charge in [0.15, 0.2) is 0 Å². The SMILES string of the molecule is C.C.C=C/C=C\c1c(C)cccc1C.CC.CC. The monoisotopic (exact) mass is 250 g/mol. The van der Waals surface area contributed by atoms with Crippen LogP contribution in [0.1, 0.15) is 59.2 Å². The van der Waals surface area contributed by atoms with Gasteiger partial charge in [-0.05, 0) is 30.5 Å². The molecule has 0 fully saturated rings. The topological polar surface area (TPSA) is 0 Å². The van der Waals surface area contributed by atoms with Crippen molar-refractivity contribution >= 4 is 6.08 Å². The molecule has 0 radical (unpaired) electrons. The van der Waals surface area contributed by atoms with Gasteiger partial charge in [0.05, 0.1) is 0 Å². The molecule has 0 atom stereocenters. The molecule has 0 nitrogen and oxygen atoms in total. The van der Waals surface area contributed by atoms with E-state index in [0.717, 1.165) is 0 Å². The number of aryl methyl sites for hydroxylation is 2. The molecular formula is C18H34. The Morgan fingerprint density at radius 1 is 0.889 bits per heavy atom. The average molecular weight is 250 g/mol. The number of allylic oxidation sites excluding steroid dienone is 2. The van der Waals surface area contributed by atoms with Crippen LogP contribution in [0.15, 0.2) is 36.9 Å². The Bertz CT molecular complexity index is 286. The molecule has 0 aliphatic heterocycles. The van der Waals surface area contributed by atoms with E-state index in [-0.39, 0.29) is 14.9 Å². The van der Waals surface area contributed by atoms with E-state index in [0.29, 0.717) is 0 Å². The Morgan fingerprint density at radius 3 is 1.61 bits per heavy atom. The molecule has 1 aromatic carbocycles. The molecule has 0 unspecified atom stereocenters. The highest BCUT2D eigenvalue weighted by molar-refractivity contribution is 5.58. The third-order valence-electron chi connectivity index (χ3n) is 1.94. The molecule has 106 valence electrons. The molecule has 0 aliphatic carbocycles. The van der Waals surface area contributed by atoms with Crippen molar-refractivity contribution in [1.82, 2.24) is 0 Å². The molecular weight excluding hydrogens is 216 g/mol. The lowest BCUT2D eigenvalue weighted by atomic mass is 10.0. The van der Waals surface area contributed by atoms with Gasteiger partial charge in [-0.25, -0.2) is 0 Å². The highest BCUT2D eigenvalue weighted by atomic mass is 14.0. The fourth-order valence-electron chi connectivity index (χ4n) is 1.25. The van der Waals surface area contributed by atoms with Crippen molar-refractivity contribution in [1.29, 1.82) is 0 Å². The molecule has 0 saturated carbocycles. The van der Waals surface area contributed by atoms with Crippen LogP contribution in [-0.4, -0.2) is 0 Å². The van der Waals surface area contributed by atoms with Gasteiger partial charge >= 0.3 is 0 Å². The molecule has 1 rings (SSSR count). The average Bonchev–Trinajstić information content (AvgIpc) is 2.34. The summed E-state index contributed by atoms with van der Waals surface area (Å²) in [5.74, 6) is 0. The van der Waals surface area contributed by atoms with Gasteiger partial charge in [-0.3, -0.25) is 0 Å². The number of rotatable bonds is 2. The van der Waals surface area contributed by atoms with E-state index in [1.165, 1.54) is 16.7 Å². The number of benzene rings is 1. The summed E-state index contributed by atoms with van der Waals surface area (Å²) < 4.78 is 0. The smallest absolute Gasteiger partial charge is 0.0198 e. The van der Waals surface area contributed by atoms with E-state index in [9.17, 15) is 0 Å². The summed E-state index contributed by atoms with van der Waals surface area (Å²) in [5.41, 5.74) is 3.93. The molecule has 0 heteroatoms. The Balaban J connectivity index is -0.000000149. The van der Waals surface area contributed by atoms with Gasteiger partial charge < -0.3 is 0 Å². The fraction of sp³-hybridized carbons (Fsp3) is 0.444. The zero-order valence-corrected chi connectivity index (χ0v) is 11.7. The van der Waals surface area contributed by atoms with Crippen molar-refractivity contribution in [3.63, 3.8) is 0 Å². The summed E-state index contributed by atoms with van der Waals surface area (Å²) in [6.07, 6.45) is 5.86. The maximum absolute atomic E-state index is 3.65. The molecule has 0 spiro atoms. The van der Waals surface area contributed by atoms with Crippen molar-refractivity contribution in [2.75, 3.05) is 0 Å². The standard InChI is InChI=1S/C12H14.2C2H6.2CH4/c1-4-5-9-12-10(2)7-6-8-11(12)3;2*1-2;;/h4-9H,1H2,2-3H3;2*1-2H3;2*1H4/b9-5-;;;;. The molecule has 0 saturated heterocycles. The van der Waals surface area contributed by atoms with Gasteiger partial charge in [0.25, 0.3) is 0 Å². The normalized spacial score (nSPS) is 7.67. The van der Waals surface area contributed by atoms with Crippen LogP contribution in [0.4, 0.5) is 0 Å². The Morgan fingerprint density at radius 2 is 1.28 bits per heavy atom. The van der Waals surface area contributed by atoms with Crippen LogP contribution in [0, 0.1) is 13.8 Å². The number of hydrogen-bond acceptors (Lipinski definition) is 0. The first-order valence-electron chi connectivity index (χ1n) is 6.11. The summed E-state index contributed by atoms with van der Waals surface area (Å²) in [6.45, 7) is 15.9. The van der Waals surface area contributed by atoms with E-state index in [1.807, 2.05) is 33.8 Å². The first-order valence-corrected chi connectivity index (χ1v) is 6.11. The molecule has 0 amide bonds. The second kappa shape index (κ2) is 18.1. The van der Waals surface area contributed by atoms with Crippen molar-refractivity contribution < 1.29 is 0 Å². The van der Waals surface area contributed by atoms with Crippen molar-refractivity contribution in [3.05, 3.63) is 53.6 Å². The molecule has 0 aromatic heterocycles. The lowest BCUT2D eigenvalue weighted by Crippen LogP contribution is -1.84. The minimum absolute atomic E-state index is 0. The Labute approximate surface area is 116 Å². The van der Waals surface area contributed by atoms with Crippen LogP contribution in [0.25, 0.3) is 6.08 Å². The maximum atomic E-state index is 3.65. The largest absolute Gasteiger partial charge is 0.0991 e. The zero-order valence-electron chi connectivity index (χ0n) is 11.7. The third kappa shape index (κ3) is 9.89. The van der Waals surface area contributed by atoms with Crippen LogP contribution >= 0.6 is 0 Å². The maximum Gasteiger partial charge on any atom is -0.0198 e. The summed E-state index contributed by atoms with van der Waals surface area (Å²) >= 11 is 0. The van der Waals surface area contributed by atoms with E-state index < -0.39 is 0 Å². The first kappa shape index (κ1) is 25.5. The second-order valence-electron chi connectivity index (χ2n) is 2.90. The molecule has 0 N–H and O–H groups in total. The van der Waals surface area contributed by atoms with Crippen LogP contribution in [0.5, 0.6) is 0 Å². The predicted octanol–water partition coefficient (Wildman–Crippen LogP) is 6.83. The molecule has 1 aromatic rings. The Hall–Kier alpha value is -1.30. The highest BCUT2D eigenvalue weighted by Crippen LogP contribution is 2.14. The predicted molar refractivity (Wildman–Crippen MR) is 91.3 cm³/mol. The quantitative estimate of drug-likeness (QED) is 0.505. The summed E-state index contributed by atoms with van der Waals surface area (Å²) in [4.78, 5) is 0. The third-order valence-corrected chi connectivity index (χ3v) is 1.94. The van der Waals surface area contributed by atoms with Crippen molar-refractivity contribution in [2.45, 2.75) is 56.4 Å². The second-order valence-corrected chi connectivity index (χ2v) is 2.90. The van der Waals surface area contributed by atoms with E-state index in [2.05, 4.69) is 44.7 Å². The molecule has 0 heterocycles. The molecule has 0 bridgehead atoms. The minimum Gasteiger partial charge on any atom is -0.0991 e. The van der Waals surface area contributed by atoms with Gasteiger partial charge in [-0.1, -0.05) is 85.6 Å². The van der Waals surface area contributed by atoms with Gasteiger partial charge in [0.1, 0.15) is 0 Å². The Kier molecular flexibility index (Phi) is 25.6. The van der Waals surface area contributed by atoms with Crippen molar-refractivity contribution in [2.24, 2.45) is 0 Å². The molecule has 0 aliphatic rings. The summed E-state index contributed by atoms with van der Waals surface area (Å²) in [7, 11) is 0. The summed E-state index contributed by atoms with van der Waals surface area (Å²) in [5, 5.41) is 0. The minimum atomic E-state index is 0. The highest BCUT2D eigenvalue weighted by Gasteiger charge is 1.95. The van der Waals surface area contributed by atoms with Crippen LogP contribution in [0.2, 0.25) is 0 Å². The van der Waals surface area contributed by atoms with E-state index in [4.69, 9.17) is 0 Å². The zero-order chi connectivity index (χ0) is 13.0. The fourth-order valence-corrected chi connectivity index (χ4v) is 1.25. The van der Waals surface area contributed by atoms with Crippen LogP contribution < -0.4 is 0 Å². The molecule has 18 heavy (non-hydrogen) atoms. The van der Waals surface area contributed by atoms with Crippen LogP contribution in [0.3, 0.4) is 0 Å². The van der Waals surface area contributed by atoms with Gasteiger partial charge in [0.2, 0.25) is 0 Å². The number of hydrogen-bond donors (Lipinski definition) is 0. The summed E-state index contributed by atoms with van der Waals surface area (Å²) in [6, 6.07) is 6.32. The van der Waals surface area contributed by atoms with Crippen molar-refractivity contribution in [3.8, 4) is 0 Å². The lowest BCUT2D eigenvalue weighted by Gasteiger charge is -2.03. The van der Waals surface area contributed by atoms with Gasteiger partial charge in [-0.15, -0.1) is 0 Å². The van der Waals surface area contributed by atoms with E-state index in [1.54, 1.807) is 6.08 Å². The van der Waals surface area contributed by atoms with Gasteiger partial charge in [-0.2, -0.15) is 0 Å². The van der Waals surface area contributed by atoms with E-state index >= 15 is 0 Å².